The normalized spacial score (nSPS) is 30.1. The van der Waals surface area contributed by atoms with Crippen LogP contribution >= 0.6 is 0 Å². The summed E-state index contributed by atoms with van der Waals surface area (Å²) in [5.41, 5.74) is 2.13. The van der Waals surface area contributed by atoms with Crippen molar-refractivity contribution in [3.8, 4) is 0 Å². The number of piperidine rings is 2. The Morgan fingerprint density at radius 1 is 0.667 bits per heavy atom. The maximum atomic E-state index is 2.85. The molecule has 33 heavy (non-hydrogen) atoms. The molecule has 4 rings (SSSR count). The van der Waals surface area contributed by atoms with Crippen molar-refractivity contribution < 1.29 is 0 Å². The first-order chi connectivity index (χ1) is 15.0. The van der Waals surface area contributed by atoms with Crippen molar-refractivity contribution >= 4 is 0 Å². The van der Waals surface area contributed by atoms with E-state index in [1.54, 1.807) is 0 Å². The predicted molar refractivity (Wildman–Crippen MR) is 142 cm³/mol. The second-order valence-corrected chi connectivity index (χ2v) is 15.5. The average molecular weight is 461 g/mol. The van der Waals surface area contributed by atoms with Gasteiger partial charge in [-0.05, 0) is 132 Å². The minimum atomic E-state index is 0.302. The molecule has 1 atom stereocenters. The molecule has 0 bridgehead atoms. The first-order valence-electron chi connectivity index (χ1n) is 14.1. The van der Waals surface area contributed by atoms with E-state index < -0.39 is 0 Å². The molecule has 192 valence electrons. The van der Waals surface area contributed by atoms with Crippen LogP contribution in [0.25, 0.3) is 0 Å². The molecule has 0 N–H and O–H groups in total. The van der Waals surface area contributed by atoms with E-state index in [2.05, 4.69) is 88.8 Å². The van der Waals surface area contributed by atoms with E-state index in [0.29, 0.717) is 33.5 Å². The minimum absolute atomic E-state index is 0.302. The molecule has 1 unspecified atom stereocenters. The second kappa shape index (κ2) is 8.46. The largest absolute Gasteiger partial charge is 0.298 e. The summed E-state index contributed by atoms with van der Waals surface area (Å²) in [4.78, 5) is 11.1. The Labute approximate surface area is 206 Å². The van der Waals surface area contributed by atoms with Crippen molar-refractivity contribution in [2.24, 2.45) is 10.8 Å². The van der Waals surface area contributed by atoms with Crippen LogP contribution in [0.15, 0.2) is 0 Å². The van der Waals surface area contributed by atoms with Crippen LogP contribution in [0.4, 0.5) is 0 Å². The van der Waals surface area contributed by atoms with Gasteiger partial charge in [0.15, 0.2) is 0 Å². The van der Waals surface area contributed by atoms with Gasteiger partial charge in [-0.25, -0.2) is 0 Å². The van der Waals surface area contributed by atoms with Crippen molar-refractivity contribution in [3.63, 3.8) is 0 Å². The second-order valence-electron chi connectivity index (χ2n) is 15.5. The molecule has 2 spiro atoms. The van der Waals surface area contributed by atoms with Crippen LogP contribution in [-0.4, -0.2) is 94.1 Å². The molecule has 0 saturated carbocycles. The maximum Gasteiger partial charge on any atom is 0.0168 e. The van der Waals surface area contributed by atoms with Gasteiger partial charge in [-0.1, -0.05) is 0 Å². The van der Waals surface area contributed by atoms with Gasteiger partial charge in [-0.15, -0.1) is 0 Å². The van der Waals surface area contributed by atoms with Crippen molar-refractivity contribution in [1.82, 2.24) is 19.6 Å². The van der Waals surface area contributed by atoms with Gasteiger partial charge < -0.3 is 0 Å². The average Bonchev–Trinajstić information content (AvgIpc) is 2.62. The molecule has 0 amide bonds. The van der Waals surface area contributed by atoms with Crippen molar-refractivity contribution in [2.45, 2.75) is 130 Å². The maximum absolute atomic E-state index is 2.85. The summed E-state index contributed by atoms with van der Waals surface area (Å²) in [5, 5.41) is 0. The zero-order chi connectivity index (χ0) is 24.4. The number of hydrogen-bond acceptors (Lipinski definition) is 4. The van der Waals surface area contributed by atoms with Gasteiger partial charge >= 0.3 is 0 Å². The summed E-state index contributed by atoms with van der Waals surface area (Å²) in [5.74, 6) is 0. The van der Waals surface area contributed by atoms with Gasteiger partial charge in [0.25, 0.3) is 0 Å². The highest BCUT2D eigenvalue weighted by atomic mass is 15.3. The van der Waals surface area contributed by atoms with E-state index in [9.17, 15) is 0 Å². The SMILES string of the molecule is CC(C)N1CCC2(CC1CC(C)(C)N1CC3(CCN(C(C)(C)C)CC3)C1)CN(C(C)(C)C)C2. The monoisotopic (exact) mass is 460 g/mol. The molecule has 4 fully saturated rings. The summed E-state index contributed by atoms with van der Waals surface area (Å²) in [6.07, 6.45) is 6.91. The lowest BCUT2D eigenvalue weighted by atomic mass is 9.65. The van der Waals surface area contributed by atoms with Gasteiger partial charge in [0.2, 0.25) is 0 Å². The van der Waals surface area contributed by atoms with Crippen LogP contribution in [0.5, 0.6) is 0 Å². The molecule has 0 aromatic carbocycles. The zero-order valence-electron chi connectivity index (χ0n) is 23.9. The number of likely N-dealkylation sites (tertiary alicyclic amines) is 4. The van der Waals surface area contributed by atoms with Crippen LogP contribution < -0.4 is 0 Å². The molecule has 4 saturated heterocycles. The summed E-state index contributed by atoms with van der Waals surface area (Å²) in [7, 11) is 0. The molecule has 0 aromatic rings. The fourth-order valence-electron chi connectivity index (χ4n) is 7.53. The van der Waals surface area contributed by atoms with Crippen molar-refractivity contribution in [2.75, 3.05) is 45.8 Å². The Morgan fingerprint density at radius 2 is 1.15 bits per heavy atom. The molecular formula is C29H56N4. The Morgan fingerprint density at radius 3 is 1.64 bits per heavy atom. The van der Waals surface area contributed by atoms with Crippen LogP contribution in [0.3, 0.4) is 0 Å². The smallest absolute Gasteiger partial charge is 0.0168 e. The van der Waals surface area contributed by atoms with Crippen molar-refractivity contribution in [3.05, 3.63) is 0 Å². The predicted octanol–water partition coefficient (Wildman–Crippen LogP) is 5.32. The Balaban J connectivity index is 1.35. The third kappa shape index (κ3) is 5.20. The number of rotatable bonds is 4. The van der Waals surface area contributed by atoms with Gasteiger partial charge in [0.1, 0.15) is 0 Å². The fourth-order valence-corrected chi connectivity index (χ4v) is 7.53. The first-order valence-corrected chi connectivity index (χ1v) is 14.1. The molecule has 4 aliphatic rings. The van der Waals surface area contributed by atoms with Crippen LogP contribution in [-0.2, 0) is 0 Å². The molecular weight excluding hydrogens is 404 g/mol. The lowest BCUT2D eigenvalue weighted by Gasteiger charge is -2.63. The van der Waals surface area contributed by atoms with Gasteiger partial charge in [0.05, 0.1) is 0 Å². The first kappa shape index (κ1) is 25.9. The topological polar surface area (TPSA) is 13.0 Å². The van der Waals surface area contributed by atoms with E-state index in [0.717, 1.165) is 6.04 Å². The molecule has 0 aromatic heterocycles. The van der Waals surface area contributed by atoms with Crippen LogP contribution in [0.2, 0.25) is 0 Å². The number of hydrogen-bond donors (Lipinski definition) is 0. The quantitative estimate of drug-likeness (QED) is 0.562. The molecule has 4 nitrogen and oxygen atoms in total. The van der Waals surface area contributed by atoms with Crippen LogP contribution in [0, 0.1) is 10.8 Å². The van der Waals surface area contributed by atoms with E-state index in [-0.39, 0.29) is 0 Å². The third-order valence-electron chi connectivity index (χ3n) is 10.1. The molecule has 4 heterocycles. The van der Waals surface area contributed by atoms with Gasteiger partial charge in [-0.2, -0.15) is 0 Å². The van der Waals surface area contributed by atoms with Gasteiger partial charge in [-0.3, -0.25) is 19.6 Å². The Kier molecular flexibility index (Phi) is 6.64. The van der Waals surface area contributed by atoms with E-state index in [1.807, 2.05) is 0 Å². The lowest BCUT2D eigenvalue weighted by Crippen LogP contribution is -2.69. The van der Waals surface area contributed by atoms with Crippen molar-refractivity contribution in [1.29, 1.82) is 0 Å². The summed E-state index contributed by atoms with van der Waals surface area (Å²) in [6, 6.07) is 1.39. The summed E-state index contributed by atoms with van der Waals surface area (Å²) >= 11 is 0. The zero-order valence-corrected chi connectivity index (χ0v) is 23.9. The third-order valence-corrected chi connectivity index (χ3v) is 10.1. The van der Waals surface area contributed by atoms with E-state index in [4.69, 9.17) is 0 Å². The summed E-state index contributed by atoms with van der Waals surface area (Å²) < 4.78 is 0. The highest BCUT2D eigenvalue weighted by Gasteiger charge is 2.54. The van der Waals surface area contributed by atoms with E-state index in [1.165, 1.54) is 77.9 Å². The standard InChI is InChI=1S/C29H56N4/c1-23(2)33-16-13-29(21-31(22-29)26(6,7)8)18-24(33)17-27(9,10)32-19-28(20-32)11-14-30(15-12-28)25(3,4)5/h23-24H,11-22H2,1-10H3. The Bertz CT molecular complexity index is 675. The van der Waals surface area contributed by atoms with Gasteiger partial charge in [0, 0.05) is 54.9 Å². The molecule has 0 aliphatic carbocycles. The van der Waals surface area contributed by atoms with E-state index >= 15 is 0 Å². The Hall–Kier alpha value is -0.160. The minimum Gasteiger partial charge on any atom is -0.298 e. The fraction of sp³-hybridized carbons (Fsp3) is 1.00. The number of nitrogens with zero attached hydrogens (tertiary/aromatic N) is 4. The van der Waals surface area contributed by atoms with Crippen LogP contribution in [0.1, 0.15) is 101 Å². The highest BCUT2D eigenvalue weighted by Crippen LogP contribution is 2.49. The molecule has 4 heteroatoms. The molecule has 4 aliphatic heterocycles. The highest BCUT2D eigenvalue weighted by molar-refractivity contribution is 5.08. The lowest BCUT2D eigenvalue weighted by molar-refractivity contribution is -0.132. The molecule has 0 radical (unpaired) electrons. The summed E-state index contributed by atoms with van der Waals surface area (Å²) in [6.45, 7) is 33.4.